The summed E-state index contributed by atoms with van der Waals surface area (Å²) in [6, 6.07) is 0. The molecule has 1 aliphatic carbocycles. The molecule has 2 heteroatoms. The van der Waals surface area contributed by atoms with Crippen molar-refractivity contribution in [3.8, 4) is 0 Å². The summed E-state index contributed by atoms with van der Waals surface area (Å²) in [7, 11) is 0. The normalized spacial score (nSPS) is 31.2. The largest absolute Gasteiger partial charge is 0.150 e. The molecule has 0 amide bonds. The molecule has 0 N–H and O–H groups in total. The van der Waals surface area contributed by atoms with Crippen molar-refractivity contribution in [2.24, 2.45) is 0 Å². The molecule has 0 unspecified atom stereocenters. The summed E-state index contributed by atoms with van der Waals surface area (Å²) in [6.45, 7) is 0. The van der Waals surface area contributed by atoms with Crippen LogP contribution in [-0.2, 0) is 0 Å². The predicted molar refractivity (Wildman–Crippen MR) is 50.7 cm³/mol. The monoisotopic (exact) mass is 174 g/mol. The van der Waals surface area contributed by atoms with Gasteiger partial charge < -0.3 is 0 Å². The second-order valence-corrected chi connectivity index (χ2v) is 6.15. The molecule has 0 aromatic heterocycles. The van der Waals surface area contributed by atoms with Crippen molar-refractivity contribution in [3.05, 3.63) is 0 Å². The van der Waals surface area contributed by atoms with Crippen LogP contribution in [0.1, 0.15) is 32.1 Å². The minimum atomic E-state index is 0.753. The highest BCUT2D eigenvalue weighted by atomic mass is 32.2. The molecule has 1 saturated heterocycles. The Morgan fingerprint density at radius 3 is 2.40 bits per heavy atom. The van der Waals surface area contributed by atoms with Crippen molar-refractivity contribution >= 4 is 23.5 Å². The first kappa shape index (κ1) is 7.35. The summed E-state index contributed by atoms with van der Waals surface area (Å²) in [4.78, 5) is 0. The van der Waals surface area contributed by atoms with Gasteiger partial charge in [0.25, 0.3) is 0 Å². The molecule has 1 aliphatic heterocycles. The lowest BCUT2D eigenvalue weighted by molar-refractivity contribution is 0.429. The molecule has 0 aromatic rings. The molecule has 1 saturated carbocycles. The Kier molecular flexibility index (Phi) is 2.19. The van der Waals surface area contributed by atoms with Crippen molar-refractivity contribution < 1.29 is 0 Å². The van der Waals surface area contributed by atoms with Crippen LogP contribution < -0.4 is 0 Å². The van der Waals surface area contributed by atoms with Crippen molar-refractivity contribution in [1.82, 2.24) is 0 Å². The highest BCUT2D eigenvalue weighted by molar-refractivity contribution is 8.19. The Morgan fingerprint density at radius 2 is 1.80 bits per heavy atom. The molecule has 1 spiro atoms. The van der Waals surface area contributed by atoms with Gasteiger partial charge in [0.1, 0.15) is 0 Å². The van der Waals surface area contributed by atoms with Crippen LogP contribution in [0.15, 0.2) is 0 Å². The Labute approximate surface area is 71.5 Å². The van der Waals surface area contributed by atoms with Gasteiger partial charge in [-0.1, -0.05) is 19.3 Å². The van der Waals surface area contributed by atoms with E-state index in [2.05, 4.69) is 23.5 Å². The molecule has 2 fully saturated rings. The van der Waals surface area contributed by atoms with Gasteiger partial charge in [-0.15, -0.1) is 23.5 Å². The molecule has 0 bridgehead atoms. The average Bonchev–Trinajstić information content (AvgIpc) is 2.39. The SMILES string of the molecule is C1CCC2(CC1)CSCS2. The van der Waals surface area contributed by atoms with E-state index in [0.29, 0.717) is 0 Å². The standard InChI is InChI=1S/C8H14S2/c1-2-4-8(5-3-1)6-9-7-10-8/h1-7H2. The summed E-state index contributed by atoms with van der Waals surface area (Å²) in [5.74, 6) is 1.44. The highest BCUT2D eigenvalue weighted by Gasteiger charge is 2.35. The van der Waals surface area contributed by atoms with E-state index in [1.807, 2.05) is 0 Å². The summed E-state index contributed by atoms with van der Waals surface area (Å²) in [6.07, 6.45) is 7.49. The lowest BCUT2D eigenvalue weighted by atomic mass is 9.90. The van der Waals surface area contributed by atoms with E-state index >= 15 is 0 Å². The van der Waals surface area contributed by atoms with Crippen molar-refractivity contribution in [1.29, 1.82) is 0 Å². The van der Waals surface area contributed by atoms with Gasteiger partial charge in [-0.25, -0.2) is 0 Å². The zero-order valence-corrected chi connectivity index (χ0v) is 7.90. The second-order valence-electron chi connectivity index (χ2n) is 3.35. The van der Waals surface area contributed by atoms with E-state index in [-0.39, 0.29) is 0 Å². The van der Waals surface area contributed by atoms with Crippen molar-refractivity contribution in [3.63, 3.8) is 0 Å². The summed E-state index contributed by atoms with van der Waals surface area (Å²) in [5.41, 5.74) is 0. The quantitative estimate of drug-likeness (QED) is 0.553. The van der Waals surface area contributed by atoms with Crippen LogP contribution in [0.2, 0.25) is 0 Å². The summed E-state index contributed by atoms with van der Waals surface area (Å²) in [5, 5.41) is 1.36. The number of hydrogen-bond acceptors (Lipinski definition) is 2. The minimum absolute atomic E-state index is 0.753. The molecular weight excluding hydrogens is 160 g/mol. The van der Waals surface area contributed by atoms with Crippen LogP contribution in [0.4, 0.5) is 0 Å². The topological polar surface area (TPSA) is 0 Å². The van der Waals surface area contributed by atoms with Crippen LogP contribution in [0.5, 0.6) is 0 Å². The third-order valence-corrected chi connectivity index (χ3v) is 5.82. The third-order valence-electron chi connectivity index (χ3n) is 2.58. The molecule has 0 atom stereocenters. The van der Waals surface area contributed by atoms with Gasteiger partial charge in [0.05, 0.1) is 0 Å². The Bertz CT molecular complexity index is 108. The van der Waals surface area contributed by atoms with Gasteiger partial charge in [-0.05, 0) is 12.8 Å². The first-order valence-corrected chi connectivity index (χ1v) is 6.27. The van der Waals surface area contributed by atoms with E-state index in [1.165, 1.54) is 42.9 Å². The van der Waals surface area contributed by atoms with Crippen LogP contribution in [-0.4, -0.2) is 15.6 Å². The Hall–Kier alpha value is 0.700. The van der Waals surface area contributed by atoms with Gasteiger partial charge in [0.2, 0.25) is 0 Å². The van der Waals surface area contributed by atoms with Gasteiger partial charge >= 0.3 is 0 Å². The molecule has 0 aromatic carbocycles. The molecule has 58 valence electrons. The first-order chi connectivity index (χ1) is 4.91. The molecule has 0 radical (unpaired) electrons. The smallest absolute Gasteiger partial charge is 0.0398 e. The van der Waals surface area contributed by atoms with Gasteiger partial charge in [0.15, 0.2) is 0 Å². The highest BCUT2D eigenvalue weighted by Crippen LogP contribution is 2.48. The number of rotatable bonds is 0. The van der Waals surface area contributed by atoms with Gasteiger partial charge in [-0.3, -0.25) is 0 Å². The van der Waals surface area contributed by atoms with Crippen molar-refractivity contribution in [2.75, 3.05) is 10.8 Å². The predicted octanol–water partition coefficient (Wildman–Crippen LogP) is 3.13. The van der Waals surface area contributed by atoms with Crippen LogP contribution in [0.3, 0.4) is 0 Å². The zero-order chi connectivity index (χ0) is 6.86. The van der Waals surface area contributed by atoms with Crippen LogP contribution in [0, 0.1) is 0 Å². The second kappa shape index (κ2) is 2.98. The molecule has 0 nitrogen and oxygen atoms in total. The van der Waals surface area contributed by atoms with Crippen LogP contribution >= 0.6 is 23.5 Å². The number of thioether (sulfide) groups is 2. The first-order valence-electron chi connectivity index (χ1n) is 4.13. The molecule has 1 heterocycles. The van der Waals surface area contributed by atoms with Gasteiger partial charge in [-0.2, -0.15) is 0 Å². The fourth-order valence-corrected chi connectivity index (χ4v) is 5.41. The maximum atomic E-state index is 2.23. The fourth-order valence-electron chi connectivity index (χ4n) is 1.92. The average molecular weight is 174 g/mol. The maximum Gasteiger partial charge on any atom is 0.0398 e. The van der Waals surface area contributed by atoms with E-state index < -0.39 is 0 Å². The third kappa shape index (κ3) is 1.33. The van der Waals surface area contributed by atoms with Crippen LogP contribution in [0.25, 0.3) is 0 Å². The molecular formula is C8H14S2. The van der Waals surface area contributed by atoms with E-state index in [1.54, 1.807) is 0 Å². The maximum absolute atomic E-state index is 2.23. The van der Waals surface area contributed by atoms with Gasteiger partial charge in [0, 0.05) is 15.6 Å². The Balaban J connectivity index is 1.98. The van der Waals surface area contributed by atoms with Crippen molar-refractivity contribution in [2.45, 2.75) is 36.9 Å². The molecule has 2 aliphatic rings. The summed E-state index contributed by atoms with van der Waals surface area (Å²) < 4.78 is 0.753. The van der Waals surface area contributed by atoms with E-state index in [0.717, 1.165) is 4.75 Å². The van der Waals surface area contributed by atoms with E-state index in [9.17, 15) is 0 Å². The zero-order valence-electron chi connectivity index (χ0n) is 6.27. The summed E-state index contributed by atoms with van der Waals surface area (Å²) >= 11 is 4.37. The lowest BCUT2D eigenvalue weighted by Gasteiger charge is -2.31. The minimum Gasteiger partial charge on any atom is -0.150 e. The van der Waals surface area contributed by atoms with E-state index in [4.69, 9.17) is 0 Å². The molecule has 2 rings (SSSR count). The fraction of sp³-hybridized carbons (Fsp3) is 1.00. The lowest BCUT2D eigenvalue weighted by Crippen LogP contribution is -2.27. The molecule has 10 heavy (non-hydrogen) atoms. The number of hydrogen-bond donors (Lipinski definition) is 0. The Morgan fingerprint density at radius 1 is 1.00 bits per heavy atom.